The van der Waals surface area contributed by atoms with Crippen LogP contribution in [0.15, 0.2) is 48.6 Å². The monoisotopic (exact) mass is 269 g/mol. The number of aromatic nitrogens is 1. The number of nitrogens with two attached hydrogens (primary N) is 1. The fourth-order valence-corrected chi connectivity index (χ4v) is 2.22. The van der Waals surface area contributed by atoms with Gasteiger partial charge in [-0.25, -0.2) is 4.98 Å². The van der Waals surface area contributed by atoms with Crippen LogP contribution < -0.4 is 5.73 Å². The van der Waals surface area contributed by atoms with Crippen molar-refractivity contribution in [1.29, 1.82) is 0 Å². The molecule has 1 aliphatic heterocycles. The lowest BCUT2D eigenvalue weighted by Crippen LogP contribution is -2.37. The maximum absolute atomic E-state index is 12.4. The SMILES string of the molecule is C=C/C(=C\C=C\C)C(=O)N1CCc2nc(N)ccc2C1. The van der Waals surface area contributed by atoms with Crippen LogP contribution in [0.3, 0.4) is 0 Å². The van der Waals surface area contributed by atoms with Crippen molar-refractivity contribution < 1.29 is 4.79 Å². The molecule has 2 N–H and O–H groups in total. The second kappa shape index (κ2) is 6.19. The van der Waals surface area contributed by atoms with Crippen molar-refractivity contribution in [3.63, 3.8) is 0 Å². The lowest BCUT2D eigenvalue weighted by Gasteiger charge is -2.28. The predicted octanol–water partition coefficient (Wildman–Crippen LogP) is 2.24. The lowest BCUT2D eigenvalue weighted by molar-refractivity contribution is -0.127. The summed E-state index contributed by atoms with van der Waals surface area (Å²) in [6.45, 7) is 6.85. The zero-order chi connectivity index (χ0) is 14.5. The van der Waals surface area contributed by atoms with Crippen molar-refractivity contribution in [3.05, 3.63) is 59.8 Å². The third-order valence-electron chi connectivity index (χ3n) is 3.29. The topological polar surface area (TPSA) is 59.2 Å². The van der Waals surface area contributed by atoms with Gasteiger partial charge < -0.3 is 10.6 Å². The molecular formula is C16H19N3O. The molecule has 0 spiro atoms. The summed E-state index contributed by atoms with van der Waals surface area (Å²) in [6, 6.07) is 3.72. The lowest BCUT2D eigenvalue weighted by atomic mass is 10.0. The van der Waals surface area contributed by atoms with Gasteiger partial charge in [0, 0.05) is 30.8 Å². The Labute approximate surface area is 119 Å². The minimum Gasteiger partial charge on any atom is -0.384 e. The molecule has 0 unspecified atom stereocenters. The van der Waals surface area contributed by atoms with E-state index in [0.29, 0.717) is 24.5 Å². The molecule has 2 rings (SSSR count). The first-order valence-corrected chi connectivity index (χ1v) is 6.64. The smallest absolute Gasteiger partial charge is 0.254 e. The van der Waals surface area contributed by atoms with Crippen molar-refractivity contribution in [1.82, 2.24) is 9.88 Å². The minimum atomic E-state index is 0.000532. The summed E-state index contributed by atoms with van der Waals surface area (Å²) in [5, 5.41) is 0. The average Bonchev–Trinajstić information content (AvgIpc) is 2.47. The molecule has 0 fully saturated rings. The van der Waals surface area contributed by atoms with E-state index < -0.39 is 0 Å². The molecule has 0 saturated carbocycles. The predicted molar refractivity (Wildman–Crippen MR) is 80.9 cm³/mol. The van der Waals surface area contributed by atoms with E-state index in [1.807, 2.05) is 30.0 Å². The molecule has 20 heavy (non-hydrogen) atoms. The number of hydrogen-bond acceptors (Lipinski definition) is 3. The number of hydrogen-bond donors (Lipinski definition) is 1. The highest BCUT2D eigenvalue weighted by atomic mass is 16.2. The van der Waals surface area contributed by atoms with Crippen LogP contribution in [-0.2, 0) is 17.8 Å². The van der Waals surface area contributed by atoms with Crippen LogP contribution in [0.2, 0.25) is 0 Å². The van der Waals surface area contributed by atoms with Gasteiger partial charge in [0.15, 0.2) is 0 Å². The van der Waals surface area contributed by atoms with E-state index in [2.05, 4.69) is 11.6 Å². The molecule has 4 nitrogen and oxygen atoms in total. The van der Waals surface area contributed by atoms with Crippen molar-refractivity contribution in [2.75, 3.05) is 12.3 Å². The Morgan fingerprint density at radius 3 is 3.00 bits per heavy atom. The number of carbonyl (C=O) groups excluding carboxylic acids is 1. The van der Waals surface area contributed by atoms with E-state index in [1.54, 1.807) is 18.2 Å². The quantitative estimate of drug-likeness (QED) is 0.676. The Balaban J connectivity index is 2.18. The Kier molecular flexibility index (Phi) is 4.35. The zero-order valence-corrected chi connectivity index (χ0v) is 11.7. The fourth-order valence-electron chi connectivity index (χ4n) is 2.22. The zero-order valence-electron chi connectivity index (χ0n) is 11.7. The van der Waals surface area contributed by atoms with Crippen molar-refractivity contribution in [2.45, 2.75) is 19.9 Å². The molecule has 1 amide bonds. The van der Waals surface area contributed by atoms with Gasteiger partial charge in [-0.2, -0.15) is 0 Å². The number of fused-ring (bicyclic) bond motifs is 1. The van der Waals surface area contributed by atoms with E-state index in [0.717, 1.165) is 17.7 Å². The molecule has 1 aliphatic rings. The molecule has 0 saturated heterocycles. The molecule has 0 bridgehead atoms. The van der Waals surface area contributed by atoms with Gasteiger partial charge in [0.05, 0.1) is 0 Å². The summed E-state index contributed by atoms with van der Waals surface area (Å²) in [5.41, 5.74) is 8.34. The Morgan fingerprint density at radius 2 is 2.30 bits per heavy atom. The molecular weight excluding hydrogens is 250 g/mol. The van der Waals surface area contributed by atoms with E-state index >= 15 is 0 Å². The maximum atomic E-state index is 12.4. The number of anilines is 1. The third kappa shape index (κ3) is 2.96. The van der Waals surface area contributed by atoms with Crippen LogP contribution in [0.5, 0.6) is 0 Å². The second-order valence-corrected chi connectivity index (χ2v) is 4.67. The minimum absolute atomic E-state index is 0.000532. The number of nitrogen functional groups attached to an aromatic ring is 1. The van der Waals surface area contributed by atoms with Crippen molar-refractivity contribution in [2.24, 2.45) is 0 Å². The van der Waals surface area contributed by atoms with Crippen LogP contribution in [-0.4, -0.2) is 22.3 Å². The van der Waals surface area contributed by atoms with Crippen LogP contribution in [0, 0.1) is 0 Å². The van der Waals surface area contributed by atoms with Crippen LogP contribution in [0.4, 0.5) is 5.82 Å². The standard InChI is InChI=1S/C16H19N3O/c1-3-5-6-12(4-2)16(20)19-10-9-14-13(11-19)7-8-15(17)18-14/h3-8H,2,9-11H2,1H3,(H2,17,18)/b5-3+,12-6+. The van der Waals surface area contributed by atoms with Crippen LogP contribution in [0.1, 0.15) is 18.2 Å². The summed E-state index contributed by atoms with van der Waals surface area (Å²) in [6.07, 6.45) is 7.84. The molecule has 1 aromatic rings. The largest absolute Gasteiger partial charge is 0.384 e. The summed E-state index contributed by atoms with van der Waals surface area (Å²) in [5.74, 6) is 0.531. The molecule has 0 aliphatic carbocycles. The average molecular weight is 269 g/mol. The number of carbonyl (C=O) groups is 1. The summed E-state index contributed by atoms with van der Waals surface area (Å²) >= 11 is 0. The molecule has 2 heterocycles. The van der Waals surface area contributed by atoms with E-state index in [4.69, 9.17) is 5.73 Å². The first-order valence-electron chi connectivity index (χ1n) is 6.64. The van der Waals surface area contributed by atoms with E-state index in [-0.39, 0.29) is 5.91 Å². The normalized spacial score (nSPS) is 15.2. The summed E-state index contributed by atoms with van der Waals surface area (Å²) in [7, 11) is 0. The highest BCUT2D eigenvalue weighted by molar-refractivity contribution is 5.96. The highest BCUT2D eigenvalue weighted by Crippen LogP contribution is 2.20. The van der Waals surface area contributed by atoms with Gasteiger partial charge in [0.25, 0.3) is 5.91 Å². The first kappa shape index (κ1) is 14.1. The van der Waals surface area contributed by atoms with Gasteiger partial charge in [-0.15, -0.1) is 0 Å². The molecule has 104 valence electrons. The maximum Gasteiger partial charge on any atom is 0.254 e. The Bertz CT molecular complexity index is 587. The number of nitrogens with zero attached hydrogens (tertiary/aromatic N) is 2. The number of rotatable bonds is 3. The first-order chi connectivity index (χ1) is 9.65. The number of allylic oxidation sites excluding steroid dienone is 3. The van der Waals surface area contributed by atoms with Gasteiger partial charge in [-0.3, -0.25) is 4.79 Å². The van der Waals surface area contributed by atoms with Crippen LogP contribution in [0.25, 0.3) is 0 Å². The molecule has 0 atom stereocenters. The fraction of sp³-hybridized carbons (Fsp3) is 0.250. The molecule has 0 radical (unpaired) electrons. The highest BCUT2D eigenvalue weighted by Gasteiger charge is 2.22. The number of pyridine rings is 1. The Hall–Kier alpha value is -2.36. The second-order valence-electron chi connectivity index (χ2n) is 4.67. The van der Waals surface area contributed by atoms with E-state index in [1.165, 1.54) is 0 Å². The molecule has 1 aromatic heterocycles. The van der Waals surface area contributed by atoms with Gasteiger partial charge in [-0.05, 0) is 24.6 Å². The van der Waals surface area contributed by atoms with E-state index in [9.17, 15) is 4.79 Å². The van der Waals surface area contributed by atoms with Crippen molar-refractivity contribution >= 4 is 11.7 Å². The van der Waals surface area contributed by atoms with Crippen LogP contribution >= 0.6 is 0 Å². The Morgan fingerprint density at radius 1 is 1.50 bits per heavy atom. The van der Waals surface area contributed by atoms with Gasteiger partial charge in [0.2, 0.25) is 0 Å². The molecule has 0 aromatic carbocycles. The summed E-state index contributed by atoms with van der Waals surface area (Å²) in [4.78, 5) is 18.6. The number of amides is 1. The third-order valence-corrected chi connectivity index (χ3v) is 3.29. The van der Waals surface area contributed by atoms with Gasteiger partial charge in [-0.1, -0.05) is 30.9 Å². The van der Waals surface area contributed by atoms with Gasteiger partial charge >= 0.3 is 0 Å². The summed E-state index contributed by atoms with van der Waals surface area (Å²) < 4.78 is 0. The van der Waals surface area contributed by atoms with Crippen molar-refractivity contribution in [3.8, 4) is 0 Å². The molecule has 4 heteroatoms. The van der Waals surface area contributed by atoms with Gasteiger partial charge in [0.1, 0.15) is 5.82 Å².